The van der Waals surface area contributed by atoms with Crippen molar-refractivity contribution >= 4 is 23.3 Å². The molecule has 0 aliphatic rings. The quantitative estimate of drug-likeness (QED) is 0.691. The van der Waals surface area contributed by atoms with Gasteiger partial charge in [0.1, 0.15) is 11.3 Å². The van der Waals surface area contributed by atoms with E-state index in [2.05, 4.69) is 4.98 Å². The number of halogens is 1. The van der Waals surface area contributed by atoms with Gasteiger partial charge in [-0.05, 0) is 31.2 Å². The third kappa shape index (κ3) is 3.19. The minimum atomic E-state index is -0.541. The van der Waals surface area contributed by atoms with Crippen LogP contribution >= 0.6 is 11.6 Å². The Labute approximate surface area is 121 Å². The Morgan fingerprint density at radius 1 is 1.45 bits per heavy atom. The fourth-order valence-electron chi connectivity index (χ4n) is 1.60. The van der Waals surface area contributed by atoms with E-state index < -0.39 is 5.97 Å². The van der Waals surface area contributed by atoms with E-state index in [9.17, 15) is 4.79 Å². The first kappa shape index (κ1) is 14.1. The van der Waals surface area contributed by atoms with Crippen molar-refractivity contribution in [2.75, 3.05) is 12.3 Å². The van der Waals surface area contributed by atoms with Crippen LogP contribution in [-0.2, 0) is 4.74 Å². The molecule has 1 aromatic heterocycles. The predicted octanol–water partition coefficient (Wildman–Crippen LogP) is 3.29. The lowest BCUT2D eigenvalue weighted by Gasteiger charge is -2.12. The highest BCUT2D eigenvalue weighted by Crippen LogP contribution is 2.35. The van der Waals surface area contributed by atoms with Gasteiger partial charge in [0.25, 0.3) is 0 Å². The molecule has 1 aromatic carbocycles. The number of ether oxygens (including phenoxy) is 2. The van der Waals surface area contributed by atoms with Crippen molar-refractivity contribution in [3.63, 3.8) is 0 Å². The van der Waals surface area contributed by atoms with Crippen LogP contribution in [0.15, 0.2) is 36.7 Å². The van der Waals surface area contributed by atoms with E-state index in [1.807, 2.05) is 0 Å². The van der Waals surface area contributed by atoms with E-state index in [4.69, 9.17) is 26.8 Å². The zero-order valence-corrected chi connectivity index (χ0v) is 11.6. The normalized spacial score (nSPS) is 10.1. The number of hydrogen-bond acceptors (Lipinski definition) is 5. The number of nitrogens with zero attached hydrogens (tertiary/aromatic N) is 1. The van der Waals surface area contributed by atoms with E-state index in [0.717, 1.165) is 0 Å². The van der Waals surface area contributed by atoms with Gasteiger partial charge in [-0.15, -0.1) is 0 Å². The van der Waals surface area contributed by atoms with Crippen molar-refractivity contribution in [3.05, 3.63) is 47.2 Å². The Balaban J connectivity index is 2.42. The van der Waals surface area contributed by atoms with Crippen LogP contribution in [0.4, 0.5) is 5.69 Å². The first-order valence-electron chi connectivity index (χ1n) is 5.96. The molecule has 0 fully saturated rings. The van der Waals surface area contributed by atoms with Gasteiger partial charge in [-0.1, -0.05) is 11.6 Å². The van der Waals surface area contributed by atoms with E-state index in [-0.39, 0.29) is 22.9 Å². The lowest BCUT2D eigenvalue weighted by Crippen LogP contribution is -2.07. The molecule has 0 saturated carbocycles. The topological polar surface area (TPSA) is 74.4 Å². The molecule has 6 heteroatoms. The van der Waals surface area contributed by atoms with Gasteiger partial charge in [0.05, 0.1) is 17.8 Å². The highest BCUT2D eigenvalue weighted by molar-refractivity contribution is 6.33. The second-order valence-electron chi connectivity index (χ2n) is 3.89. The van der Waals surface area contributed by atoms with Gasteiger partial charge < -0.3 is 15.2 Å². The van der Waals surface area contributed by atoms with Gasteiger partial charge >= 0.3 is 5.97 Å². The number of benzene rings is 1. The molecule has 0 aliphatic carbocycles. The standard InChI is InChI=1S/C14H13ClN2O3/c1-2-19-14(18)11-6-9(16)7-12(15)13(11)20-10-4-3-5-17-8-10/h3-8H,2,16H2,1H3. The molecule has 0 spiro atoms. The molecule has 2 rings (SSSR count). The fraction of sp³-hybridized carbons (Fsp3) is 0.143. The van der Waals surface area contributed by atoms with E-state index in [1.54, 1.807) is 25.3 Å². The van der Waals surface area contributed by atoms with Crippen LogP contribution in [-0.4, -0.2) is 17.6 Å². The number of nitrogens with two attached hydrogens (primary N) is 1. The van der Waals surface area contributed by atoms with Crippen molar-refractivity contribution in [2.45, 2.75) is 6.92 Å². The van der Waals surface area contributed by atoms with Crippen LogP contribution in [0, 0.1) is 0 Å². The van der Waals surface area contributed by atoms with Crippen LogP contribution in [0.3, 0.4) is 0 Å². The Kier molecular flexibility index (Phi) is 4.42. The van der Waals surface area contributed by atoms with Crippen LogP contribution in [0.1, 0.15) is 17.3 Å². The lowest BCUT2D eigenvalue weighted by atomic mass is 10.1. The molecule has 0 bridgehead atoms. The van der Waals surface area contributed by atoms with E-state index >= 15 is 0 Å². The van der Waals surface area contributed by atoms with Crippen LogP contribution < -0.4 is 10.5 Å². The number of carbonyl (C=O) groups is 1. The summed E-state index contributed by atoms with van der Waals surface area (Å²) in [5.41, 5.74) is 6.23. The van der Waals surface area contributed by atoms with Crippen LogP contribution in [0.25, 0.3) is 0 Å². The minimum absolute atomic E-state index is 0.181. The van der Waals surface area contributed by atoms with Crippen molar-refractivity contribution in [3.8, 4) is 11.5 Å². The van der Waals surface area contributed by atoms with Crippen molar-refractivity contribution in [1.29, 1.82) is 0 Å². The lowest BCUT2D eigenvalue weighted by molar-refractivity contribution is 0.0523. The number of anilines is 1. The molecule has 0 radical (unpaired) electrons. The van der Waals surface area contributed by atoms with Gasteiger partial charge in [0, 0.05) is 11.9 Å². The van der Waals surface area contributed by atoms with Crippen LogP contribution in [0.2, 0.25) is 5.02 Å². The largest absolute Gasteiger partial charge is 0.462 e. The summed E-state index contributed by atoms with van der Waals surface area (Å²) in [6, 6.07) is 6.39. The number of nitrogen functional groups attached to an aromatic ring is 1. The molecule has 2 N–H and O–H groups in total. The van der Waals surface area contributed by atoms with Gasteiger partial charge in [0.15, 0.2) is 5.75 Å². The second-order valence-corrected chi connectivity index (χ2v) is 4.30. The molecule has 5 nitrogen and oxygen atoms in total. The molecule has 0 aliphatic heterocycles. The Bertz CT molecular complexity index is 617. The average Bonchev–Trinajstić information content (AvgIpc) is 2.43. The van der Waals surface area contributed by atoms with Crippen molar-refractivity contribution in [2.24, 2.45) is 0 Å². The van der Waals surface area contributed by atoms with E-state index in [0.29, 0.717) is 11.4 Å². The van der Waals surface area contributed by atoms with Crippen LogP contribution in [0.5, 0.6) is 11.5 Å². The van der Waals surface area contributed by atoms with Gasteiger partial charge in [0.2, 0.25) is 0 Å². The van der Waals surface area contributed by atoms with Crippen molar-refractivity contribution in [1.82, 2.24) is 4.98 Å². The zero-order chi connectivity index (χ0) is 14.5. The van der Waals surface area contributed by atoms with Crippen molar-refractivity contribution < 1.29 is 14.3 Å². The summed E-state index contributed by atoms with van der Waals surface area (Å²) in [5.74, 6) is 0.123. The number of carbonyl (C=O) groups excluding carboxylic acids is 1. The molecule has 0 unspecified atom stereocenters. The maximum absolute atomic E-state index is 11.9. The fourth-order valence-corrected chi connectivity index (χ4v) is 1.87. The predicted molar refractivity (Wildman–Crippen MR) is 76.1 cm³/mol. The number of rotatable bonds is 4. The smallest absolute Gasteiger partial charge is 0.342 e. The maximum Gasteiger partial charge on any atom is 0.342 e. The summed E-state index contributed by atoms with van der Waals surface area (Å²) in [6.07, 6.45) is 3.13. The third-order valence-electron chi connectivity index (χ3n) is 2.42. The highest BCUT2D eigenvalue weighted by Gasteiger charge is 2.19. The molecule has 20 heavy (non-hydrogen) atoms. The number of aromatic nitrogens is 1. The van der Waals surface area contributed by atoms with Gasteiger partial charge in [-0.25, -0.2) is 4.79 Å². The minimum Gasteiger partial charge on any atom is -0.462 e. The summed E-state index contributed by atoms with van der Waals surface area (Å²) < 4.78 is 10.6. The molecule has 0 saturated heterocycles. The Morgan fingerprint density at radius 2 is 2.25 bits per heavy atom. The summed E-state index contributed by atoms with van der Waals surface area (Å²) in [5, 5.41) is 0.233. The molecule has 2 aromatic rings. The summed E-state index contributed by atoms with van der Waals surface area (Å²) in [6.45, 7) is 1.96. The molecule has 0 atom stereocenters. The first-order valence-corrected chi connectivity index (χ1v) is 6.33. The maximum atomic E-state index is 11.9. The average molecular weight is 293 g/mol. The molecule has 0 amide bonds. The molecule has 104 valence electrons. The third-order valence-corrected chi connectivity index (χ3v) is 2.70. The van der Waals surface area contributed by atoms with Gasteiger partial charge in [-0.2, -0.15) is 0 Å². The molecular formula is C14H13ClN2O3. The first-order chi connectivity index (χ1) is 9.61. The SMILES string of the molecule is CCOC(=O)c1cc(N)cc(Cl)c1Oc1cccnc1. The summed E-state index contributed by atoms with van der Waals surface area (Å²) in [7, 11) is 0. The molecule has 1 heterocycles. The second kappa shape index (κ2) is 6.25. The Hall–Kier alpha value is -2.27. The molecular weight excluding hydrogens is 280 g/mol. The van der Waals surface area contributed by atoms with E-state index in [1.165, 1.54) is 18.3 Å². The number of hydrogen-bond donors (Lipinski definition) is 1. The zero-order valence-electron chi connectivity index (χ0n) is 10.8. The number of pyridine rings is 1. The van der Waals surface area contributed by atoms with Gasteiger partial charge in [-0.3, -0.25) is 4.98 Å². The monoisotopic (exact) mass is 292 g/mol. The Morgan fingerprint density at radius 3 is 2.90 bits per heavy atom. The summed E-state index contributed by atoms with van der Waals surface area (Å²) >= 11 is 6.10. The highest BCUT2D eigenvalue weighted by atomic mass is 35.5. The number of esters is 1. The summed E-state index contributed by atoms with van der Waals surface area (Å²) in [4.78, 5) is 15.9.